The number of hydrogen-bond acceptors (Lipinski definition) is 4. The van der Waals surface area contributed by atoms with E-state index in [-0.39, 0.29) is 13.0 Å². The Labute approximate surface area is 111 Å². The molecule has 0 saturated carbocycles. The van der Waals surface area contributed by atoms with Crippen molar-refractivity contribution in [3.8, 4) is 0 Å². The van der Waals surface area contributed by atoms with Gasteiger partial charge in [-0.15, -0.1) is 3.89 Å². The second kappa shape index (κ2) is 5.07. The number of likely N-dealkylation sites (tertiary alicyclic amines) is 1. The summed E-state index contributed by atoms with van der Waals surface area (Å²) in [5.41, 5.74) is -0.690. The average Bonchev–Trinajstić information content (AvgIpc) is 2.40. The Bertz CT molecular complexity index is 482. The third-order valence-electron chi connectivity index (χ3n) is 3.04. The van der Waals surface area contributed by atoms with Crippen LogP contribution < -0.4 is 0 Å². The smallest absolute Gasteiger partial charge is 0.326 e. The van der Waals surface area contributed by atoms with Crippen LogP contribution in [0.15, 0.2) is 0 Å². The SMILES string of the molecule is CC(C)(C)C(C(=O)O)N1CC(CS(=O)(=O)F)CC1=O. The van der Waals surface area contributed by atoms with Crippen LogP contribution in [0.3, 0.4) is 0 Å². The number of aliphatic carboxylic acids is 1. The molecule has 1 amide bonds. The minimum absolute atomic E-state index is 0.0454. The lowest BCUT2D eigenvalue weighted by Gasteiger charge is -2.34. The van der Waals surface area contributed by atoms with E-state index in [9.17, 15) is 27.0 Å². The van der Waals surface area contributed by atoms with E-state index in [2.05, 4.69) is 0 Å². The summed E-state index contributed by atoms with van der Waals surface area (Å²) in [6, 6.07) is -1.05. The molecule has 8 heteroatoms. The number of amides is 1. The van der Waals surface area contributed by atoms with E-state index in [0.717, 1.165) is 4.90 Å². The Morgan fingerprint density at radius 2 is 2.05 bits per heavy atom. The van der Waals surface area contributed by atoms with Crippen LogP contribution in [-0.4, -0.2) is 48.6 Å². The summed E-state index contributed by atoms with van der Waals surface area (Å²) in [5, 5.41) is 9.22. The molecule has 0 aliphatic carbocycles. The molecule has 0 bridgehead atoms. The molecule has 0 aromatic heterocycles. The highest BCUT2D eigenvalue weighted by Crippen LogP contribution is 2.30. The van der Waals surface area contributed by atoms with Crippen LogP contribution in [0, 0.1) is 11.3 Å². The maximum atomic E-state index is 12.6. The van der Waals surface area contributed by atoms with Gasteiger partial charge in [0.1, 0.15) is 6.04 Å². The van der Waals surface area contributed by atoms with Crippen LogP contribution in [-0.2, 0) is 19.8 Å². The van der Waals surface area contributed by atoms with Crippen molar-refractivity contribution in [3.05, 3.63) is 0 Å². The number of nitrogens with zero attached hydrogens (tertiary/aromatic N) is 1. The third kappa shape index (κ3) is 4.15. The molecule has 1 aliphatic rings. The summed E-state index contributed by atoms with van der Waals surface area (Å²) in [6.07, 6.45) is -0.136. The number of carboxylic acids is 1. The monoisotopic (exact) mass is 295 g/mol. The summed E-state index contributed by atoms with van der Waals surface area (Å²) < 4.78 is 33.8. The maximum Gasteiger partial charge on any atom is 0.326 e. The van der Waals surface area contributed by atoms with E-state index >= 15 is 0 Å². The van der Waals surface area contributed by atoms with Crippen molar-refractivity contribution in [1.82, 2.24) is 4.90 Å². The number of carbonyl (C=O) groups excluding carboxylic acids is 1. The molecule has 0 aromatic carbocycles. The van der Waals surface area contributed by atoms with E-state index in [1.807, 2.05) is 0 Å². The molecule has 6 nitrogen and oxygen atoms in total. The van der Waals surface area contributed by atoms with Crippen LogP contribution >= 0.6 is 0 Å². The first-order valence-corrected chi connectivity index (χ1v) is 7.41. The lowest BCUT2D eigenvalue weighted by Crippen LogP contribution is -2.50. The first-order chi connectivity index (χ1) is 8.42. The lowest BCUT2D eigenvalue weighted by atomic mass is 9.85. The van der Waals surface area contributed by atoms with Gasteiger partial charge in [-0.25, -0.2) is 4.79 Å². The van der Waals surface area contributed by atoms with Gasteiger partial charge in [-0.05, 0) is 5.41 Å². The minimum Gasteiger partial charge on any atom is -0.480 e. The summed E-state index contributed by atoms with van der Waals surface area (Å²) in [6.45, 7) is 4.99. The van der Waals surface area contributed by atoms with Crippen molar-refractivity contribution in [2.75, 3.05) is 12.3 Å². The van der Waals surface area contributed by atoms with Crippen LogP contribution in [0.2, 0.25) is 0 Å². The Hall–Kier alpha value is -1.18. The molecule has 0 spiro atoms. The standard InChI is InChI=1S/C11H18FNO5S/c1-11(2,3)9(10(15)16)13-5-7(4-8(13)14)6-19(12,17)18/h7,9H,4-6H2,1-3H3,(H,15,16). The Morgan fingerprint density at radius 3 is 2.42 bits per heavy atom. The second-order valence-corrected chi connectivity index (χ2v) is 7.34. The van der Waals surface area contributed by atoms with Crippen molar-refractivity contribution in [2.24, 2.45) is 11.3 Å². The van der Waals surface area contributed by atoms with E-state index in [0.29, 0.717) is 0 Å². The molecule has 2 unspecified atom stereocenters. The molecule has 2 atom stereocenters. The quantitative estimate of drug-likeness (QED) is 0.768. The molecule has 1 rings (SSSR count). The number of halogens is 1. The summed E-state index contributed by atoms with van der Waals surface area (Å²) in [7, 11) is -4.66. The fourth-order valence-corrected chi connectivity index (χ4v) is 3.21. The van der Waals surface area contributed by atoms with E-state index in [4.69, 9.17) is 0 Å². The summed E-state index contributed by atoms with van der Waals surface area (Å²) in [5.74, 6) is -3.03. The topological polar surface area (TPSA) is 91.8 Å². The molecule has 0 aromatic rings. The van der Waals surface area contributed by atoms with Gasteiger partial charge in [0, 0.05) is 18.9 Å². The second-order valence-electron chi connectivity index (χ2n) is 5.93. The molecular weight excluding hydrogens is 277 g/mol. The molecular formula is C11H18FNO5S. The Balaban J connectivity index is 2.90. The highest BCUT2D eigenvalue weighted by Gasteiger charge is 2.44. The van der Waals surface area contributed by atoms with E-state index < -0.39 is 45.2 Å². The zero-order valence-electron chi connectivity index (χ0n) is 11.1. The fraction of sp³-hybridized carbons (Fsp3) is 0.818. The third-order valence-corrected chi connectivity index (χ3v) is 3.91. The molecule has 19 heavy (non-hydrogen) atoms. The number of carboxylic acid groups (broad SMARTS) is 1. The van der Waals surface area contributed by atoms with Gasteiger partial charge in [-0.2, -0.15) is 8.42 Å². The number of rotatable bonds is 4. The lowest BCUT2D eigenvalue weighted by molar-refractivity contribution is -0.153. The fourth-order valence-electron chi connectivity index (χ4n) is 2.42. The van der Waals surface area contributed by atoms with E-state index in [1.165, 1.54) is 0 Å². The van der Waals surface area contributed by atoms with Gasteiger partial charge in [0.15, 0.2) is 0 Å². The summed E-state index contributed by atoms with van der Waals surface area (Å²) in [4.78, 5) is 24.2. The van der Waals surface area contributed by atoms with Gasteiger partial charge in [-0.1, -0.05) is 20.8 Å². The summed E-state index contributed by atoms with van der Waals surface area (Å²) >= 11 is 0. The molecule has 0 radical (unpaired) electrons. The predicted molar refractivity (Wildman–Crippen MR) is 65.6 cm³/mol. The predicted octanol–water partition coefficient (Wildman–Crippen LogP) is 0.634. The molecule has 1 fully saturated rings. The first-order valence-electron chi connectivity index (χ1n) is 5.86. The zero-order chi connectivity index (χ0) is 15.0. The molecule has 1 heterocycles. The van der Waals surface area contributed by atoms with Crippen LogP contribution in [0.25, 0.3) is 0 Å². The van der Waals surface area contributed by atoms with Gasteiger partial charge in [0.25, 0.3) is 0 Å². The van der Waals surface area contributed by atoms with E-state index in [1.54, 1.807) is 20.8 Å². The number of hydrogen-bond donors (Lipinski definition) is 1. The van der Waals surface area contributed by atoms with Gasteiger partial charge >= 0.3 is 16.2 Å². The van der Waals surface area contributed by atoms with Crippen molar-refractivity contribution >= 4 is 22.1 Å². The maximum absolute atomic E-state index is 12.6. The zero-order valence-corrected chi connectivity index (χ0v) is 11.9. The average molecular weight is 295 g/mol. The highest BCUT2D eigenvalue weighted by molar-refractivity contribution is 7.86. The van der Waals surface area contributed by atoms with Crippen LogP contribution in [0.1, 0.15) is 27.2 Å². The minimum atomic E-state index is -4.66. The Morgan fingerprint density at radius 1 is 1.53 bits per heavy atom. The van der Waals surface area contributed by atoms with Crippen molar-refractivity contribution in [2.45, 2.75) is 33.2 Å². The van der Waals surface area contributed by atoms with Gasteiger partial charge < -0.3 is 10.0 Å². The molecule has 1 aliphatic heterocycles. The number of carbonyl (C=O) groups is 2. The van der Waals surface area contributed by atoms with Gasteiger partial charge in [0.2, 0.25) is 5.91 Å². The molecule has 1 N–H and O–H groups in total. The van der Waals surface area contributed by atoms with Gasteiger partial charge in [-0.3, -0.25) is 4.79 Å². The molecule has 1 saturated heterocycles. The van der Waals surface area contributed by atoms with Gasteiger partial charge in [0.05, 0.1) is 5.75 Å². The van der Waals surface area contributed by atoms with Crippen molar-refractivity contribution < 1.29 is 27.0 Å². The molecule has 110 valence electrons. The normalized spacial score (nSPS) is 22.6. The van der Waals surface area contributed by atoms with Crippen LogP contribution in [0.4, 0.5) is 3.89 Å². The largest absolute Gasteiger partial charge is 0.480 e. The van der Waals surface area contributed by atoms with Crippen molar-refractivity contribution in [1.29, 1.82) is 0 Å². The van der Waals surface area contributed by atoms with Crippen molar-refractivity contribution in [3.63, 3.8) is 0 Å². The Kier molecular flexibility index (Phi) is 4.23. The highest BCUT2D eigenvalue weighted by atomic mass is 32.3. The first kappa shape index (κ1) is 15.9. The van der Waals surface area contributed by atoms with Crippen LogP contribution in [0.5, 0.6) is 0 Å².